The fraction of sp³-hybridized carbons (Fsp3) is 0.238. The maximum atomic E-state index is 11.5. The number of fused-ring (bicyclic) bond motifs is 1. The molecule has 2 N–H and O–H groups in total. The maximum absolute atomic E-state index is 11.5. The number of nitrogen functional groups attached to an aromatic ring is 1. The zero-order valence-electron chi connectivity index (χ0n) is 14.7. The molecule has 0 spiro atoms. The van der Waals surface area contributed by atoms with Crippen LogP contribution in [-0.4, -0.2) is 37.6 Å². The number of hydrogen-bond acceptors (Lipinski definition) is 5. The number of nitrogens with zero attached hydrogens (tertiary/aromatic N) is 2. The van der Waals surface area contributed by atoms with Gasteiger partial charge in [-0.25, -0.2) is 4.98 Å². The van der Waals surface area contributed by atoms with E-state index in [-0.39, 0.29) is 0 Å². The molecule has 5 nitrogen and oxygen atoms in total. The van der Waals surface area contributed by atoms with E-state index in [1.165, 1.54) is 0 Å². The van der Waals surface area contributed by atoms with Crippen molar-refractivity contribution >= 4 is 28.7 Å². The Labute approximate surface area is 152 Å². The molecular weight excluding hydrogens is 326 g/mol. The average molecular weight is 347 g/mol. The van der Waals surface area contributed by atoms with Crippen molar-refractivity contribution in [3.63, 3.8) is 0 Å². The number of hydrogen-bond donors (Lipinski definition) is 1. The summed E-state index contributed by atoms with van der Waals surface area (Å²) in [5, 5.41) is 1.01. The Morgan fingerprint density at radius 3 is 2.73 bits per heavy atom. The topological polar surface area (TPSA) is 68.5 Å². The van der Waals surface area contributed by atoms with Crippen molar-refractivity contribution in [1.29, 1.82) is 0 Å². The monoisotopic (exact) mass is 347 g/mol. The van der Waals surface area contributed by atoms with Gasteiger partial charge in [-0.05, 0) is 41.8 Å². The second kappa shape index (κ2) is 6.77. The predicted octanol–water partition coefficient (Wildman–Crippen LogP) is 3.44. The molecule has 3 aromatic rings. The minimum absolute atomic E-state index is 0.539. The Hall–Kier alpha value is -2.92. The van der Waals surface area contributed by atoms with E-state index in [2.05, 4.69) is 22.0 Å². The number of morpholine rings is 1. The van der Waals surface area contributed by atoms with Crippen molar-refractivity contribution in [2.45, 2.75) is 6.92 Å². The zero-order valence-corrected chi connectivity index (χ0v) is 14.7. The average Bonchev–Trinajstić information content (AvgIpc) is 2.67. The molecule has 26 heavy (non-hydrogen) atoms. The van der Waals surface area contributed by atoms with E-state index in [1.54, 1.807) is 0 Å². The number of aryl methyl sites for hydroxylation is 1. The summed E-state index contributed by atoms with van der Waals surface area (Å²) in [7, 11) is 0. The first kappa shape index (κ1) is 16.5. The molecule has 0 amide bonds. The lowest BCUT2D eigenvalue weighted by molar-refractivity contribution is 0.112. The highest BCUT2D eigenvalue weighted by Crippen LogP contribution is 2.32. The molecule has 1 aliphatic rings. The van der Waals surface area contributed by atoms with Gasteiger partial charge in [0.15, 0.2) is 6.29 Å². The summed E-state index contributed by atoms with van der Waals surface area (Å²) in [6.45, 7) is 5.04. The lowest BCUT2D eigenvalue weighted by Crippen LogP contribution is -2.36. The molecule has 0 atom stereocenters. The van der Waals surface area contributed by atoms with Gasteiger partial charge in [-0.2, -0.15) is 0 Å². The second-order valence-corrected chi connectivity index (χ2v) is 6.56. The normalized spacial score (nSPS) is 14.6. The Morgan fingerprint density at radius 1 is 1.15 bits per heavy atom. The van der Waals surface area contributed by atoms with E-state index in [0.717, 1.165) is 52.7 Å². The number of anilines is 2. The van der Waals surface area contributed by atoms with E-state index >= 15 is 0 Å². The van der Waals surface area contributed by atoms with Crippen LogP contribution < -0.4 is 10.6 Å². The van der Waals surface area contributed by atoms with Gasteiger partial charge in [-0.15, -0.1) is 0 Å². The number of rotatable bonds is 3. The van der Waals surface area contributed by atoms with Crippen LogP contribution in [0.3, 0.4) is 0 Å². The van der Waals surface area contributed by atoms with Crippen LogP contribution in [0.25, 0.3) is 22.0 Å². The maximum Gasteiger partial charge on any atom is 0.150 e. The minimum atomic E-state index is 0.539. The van der Waals surface area contributed by atoms with Crippen molar-refractivity contribution in [2.75, 3.05) is 36.9 Å². The van der Waals surface area contributed by atoms with Gasteiger partial charge in [0, 0.05) is 24.0 Å². The summed E-state index contributed by atoms with van der Waals surface area (Å²) in [5.74, 6) is 0.539. The molecule has 2 aromatic carbocycles. The molecule has 0 bridgehead atoms. The van der Waals surface area contributed by atoms with Crippen LogP contribution in [0.4, 0.5) is 11.5 Å². The summed E-state index contributed by atoms with van der Waals surface area (Å²) in [5.41, 5.74) is 11.7. The van der Waals surface area contributed by atoms with Crippen molar-refractivity contribution in [2.24, 2.45) is 0 Å². The van der Waals surface area contributed by atoms with Crippen LogP contribution >= 0.6 is 0 Å². The third kappa shape index (κ3) is 2.91. The molecule has 2 heterocycles. The highest BCUT2D eigenvalue weighted by molar-refractivity contribution is 5.94. The van der Waals surface area contributed by atoms with Crippen molar-refractivity contribution in [1.82, 2.24) is 4.98 Å². The lowest BCUT2D eigenvalue weighted by Gasteiger charge is -2.29. The van der Waals surface area contributed by atoms with Gasteiger partial charge in [0.1, 0.15) is 5.82 Å². The first-order valence-corrected chi connectivity index (χ1v) is 8.75. The minimum Gasteiger partial charge on any atom is -0.382 e. The zero-order chi connectivity index (χ0) is 18.1. The summed E-state index contributed by atoms with van der Waals surface area (Å²) in [4.78, 5) is 18.3. The van der Waals surface area contributed by atoms with Gasteiger partial charge in [-0.1, -0.05) is 24.3 Å². The van der Waals surface area contributed by atoms with Crippen molar-refractivity contribution < 1.29 is 9.53 Å². The number of pyridine rings is 1. The molecule has 0 radical (unpaired) electrons. The molecular formula is C21H21N3O2. The summed E-state index contributed by atoms with van der Waals surface area (Å²) in [6.07, 6.45) is 0.910. The number of carbonyl (C=O) groups is 1. The molecule has 5 heteroatoms. The van der Waals surface area contributed by atoms with E-state index in [1.807, 2.05) is 37.3 Å². The molecule has 0 saturated carbocycles. The van der Waals surface area contributed by atoms with Crippen LogP contribution in [-0.2, 0) is 4.74 Å². The fourth-order valence-electron chi connectivity index (χ4n) is 3.58. The van der Waals surface area contributed by atoms with E-state index in [4.69, 9.17) is 10.5 Å². The second-order valence-electron chi connectivity index (χ2n) is 6.56. The Morgan fingerprint density at radius 2 is 1.96 bits per heavy atom. The third-order valence-electron chi connectivity index (χ3n) is 4.90. The molecule has 1 saturated heterocycles. The number of aromatic nitrogens is 1. The number of benzene rings is 2. The van der Waals surface area contributed by atoms with Gasteiger partial charge in [-0.3, -0.25) is 4.79 Å². The predicted molar refractivity (Wildman–Crippen MR) is 105 cm³/mol. The van der Waals surface area contributed by atoms with Gasteiger partial charge in [0.2, 0.25) is 0 Å². The Balaban J connectivity index is 1.84. The van der Waals surface area contributed by atoms with Gasteiger partial charge in [0.25, 0.3) is 0 Å². The van der Waals surface area contributed by atoms with Crippen molar-refractivity contribution in [3.05, 3.63) is 53.6 Å². The smallest absolute Gasteiger partial charge is 0.150 e. The van der Waals surface area contributed by atoms with Crippen LogP contribution in [0, 0.1) is 6.92 Å². The van der Waals surface area contributed by atoms with Crippen molar-refractivity contribution in [3.8, 4) is 11.1 Å². The summed E-state index contributed by atoms with van der Waals surface area (Å²) >= 11 is 0. The van der Waals surface area contributed by atoms with Gasteiger partial charge < -0.3 is 15.4 Å². The SMILES string of the molecule is Cc1cccc(C=O)c1-c1ccc2nc(N)c(N3CCOCC3)cc2c1. The fourth-order valence-corrected chi connectivity index (χ4v) is 3.58. The van der Waals surface area contributed by atoms with Crippen LogP contribution in [0.5, 0.6) is 0 Å². The standard InChI is InChI=1S/C21H21N3O2/c1-14-3-2-4-16(13-25)20(14)15-5-6-18-17(11-15)12-19(21(22)23-18)24-7-9-26-10-8-24/h2-6,11-13H,7-10H2,1H3,(H2,22,23). The molecule has 0 aliphatic carbocycles. The highest BCUT2D eigenvalue weighted by atomic mass is 16.5. The van der Waals surface area contributed by atoms with E-state index < -0.39 is 0 Å². The molecule has 0 unspecified atom stereocenters. The van der Waals surface area contributed by atoms with E-state index in [9.17, 15) is 4.79 Å². The third-order valence-corrected chi connectivity index (χ3v) is 4.90. The molecule has 132 valence electrons. The van der Waals surface area contributed by atoms with E-state index in [0.29, 0.717) is 24.6 Å². The molecule has 1 aliphatic heterocycles. The molecule has 1 aromatic heterocycles. The number of carbonyl (C=O) groups excluding carboxylic acids is 1. The quantitative estimate of drug-likeness (QED) is 0.735. The lowest BCUT2D eigenvalue weighted by atomic mass is 9.94. The van der Waals surface area contributed by atoms with Crippen LogP contribution in [0.15, 0.2) is 42.5 Å². The largest absolute Gasteiger partial charge is 0.382 e. The summed E-state index contributed by atoms with van der Waals surface area (Å²) in [6, 6.07) is 13.9. The van der Waals surface area contributed by atoms with Gasteiger partial charge >= 0.3 is 0 Å². The highest BCUT2D eigenvalue weighted by Gasteiger charge is 2.16. The first-order chi connectivity index (χ1) is 12.7. The van der Waals surface area contributed by atoms with Crippen LogP contribution in [0.1, 0.15) is 15.9 Å². The molecule has 1 fully saturated rings. The van der Waals surface area contributed by atoms with Crippen LogP contribution in [0.2, 0.25) is 0 Å². The number of nitrogens with two attached hydrogens (primary N) is 1. The first-order valence-electron chi connectivity index (χ1n) is 8.75. The summed E-state index contributed by atoms with van der Waals surface area (Å²) < 4.78 is 5.43. The van der Waals surface area contributed by atoms with Gasteiger partial charge in [0.05, 0.1) is 24.4 Å². The Kier molecular flexibility index (Phi) is 4.31. The Bertz CT molecular complexity index is 978. The number of aldehydes is 1. The molecule has 4 rings (SSSR count). The number of ether oxygens (including phenoxy) is 1.